The molecular weight excluding hydrogens is 322 g/mol. The molecule has 1 unspecified atom stereocenters. The van der Waals surface area contributed by atoms with Crippen molar-refractivity contribution in [2.24, 2.45) is 0 Å². The monoisotopic (exact) mass is 331 g/mol. The van der Waals surface area contributed by atoms with E-state index in [1.165, 1.54) is 0 Å². The van der Waals surface area contributed by atoms with Crippen molar-refractivity contribution in [3.8, 4) is 10.7 Å². The van der Waals surface area contributed by atoms with Gasteiger partial charge in [-0.3, -0.25) is 0 Å². The van der Waals surface area contributed by atoms with Gasteiger partial charge in [0.25, 0.3) is 0 Å². The van der Waals surface area contributed by atoms with Gasteiger partial charge in [-0.25, -0.2) is 0 Å². The molecule has 2 aromatic heterocycles. The van der Waals surface area contributed by atoms with Gasteiger partial charge in [-0.2, -0.15) is 16.7 Å². The van der Waals surface area contributed by atoms with Crippen molar-refractivity contribution in [3.05, 3.63) is 21.8 Å². The number of thiophene rings is 1. The van der Waals surface area contributed by atoms with Gasteiger partial charge in [-0.05, 0) is 22.0 Å². The predicted molar refractivity (Wildman–Crippen MR) is 73.4 cm³/mol. The normalized spacial score (nSPS) is 20.6. The van der Waals surface area contributed by atoms with Gasteiger partial charge >= 0.3 is 0 Å². The summed E-state index contributed by atoms with van der Waals surface area (Å²) in [6.07, 6.45) is 0. The minimum atomic E-state index is 0.193. The molecular formula is C10H10BrN3OS2. The first-order valence-electron chi connectivity index (χ1n) is 5.22. The highest BCUT2D eigenvalue weighted by Gasteiger charge is 2.22. The summed E-state index contributed by atoms with van der Waals surface area (Å²) in [6, 6.07) is 2.20. The number of halogens is 1. The summed E-state index contributed by atoms with van der Waals surface area (Å²) in [5.74, 6) is 3.51. The fourth-order valence-corrected chi connectivity index (χ4v) is 3.91. The Hall–Kier alpha value is -0.370. The van der Waals surface area contributed by atoms with E-state index in [2.05, 4.69) is 31.4 Å². The minimum Gasteiger partial charge on any atom is -0.337 e. The smallest absolute Gasteiger partial charge is 0.244 e. The van der Waals surface area contributed by atoms with Crippen LogP contribution in [0.4, 0.5) is 0 Å². The van der Waals surface area contributed by atoms with Crippen molar-refractivity contribution in [3.63, 3.8) is 0 Å². The van der Waals surface area contributed by atoms with E-state index >= 15 is 0 Å². The molecule has 4 nitrogen and oxygen atoms in total. The molecule has 1 N–H and O–H groups in total. The number of hydrogen-bond acceptors (Lipinski definition) is 6. The molecule has 1 aliphatic rings. The zero-order valence-electron chi connectivity index (χ0n) is 8.85. The minimum absolute atomic E-state index is 0.193. The molecule has 1 saturated heterocycles. The number of thioether (sulfide) groups is 1. The van der Waals surface area contributed by atoms with Crippen LogP contribution in [0.2, 0.25) is 0 Å². The van der Waals surface area contributed by atoms with E-state index in [0.717, 1.165) is 27.4 Å². The first-order valence-corrected chi connectivity index (χ1v) is 8.05. The van der Waals surface area contributed by atoms with E-state index < -0.39 is 0 Å². The van der Waals surface area contributed by atoms with Gasteiger partial charge in [-0.1, -0.05) is 5.16 Å². The largest absolute Gasteiger partial charge is 0.337 e. The lowest BCUT2D eigenvalue weighted by molar-refractivity contribution is 0.342. The van der Waals surface area contributed by atoms with Crippen molar-refractivity contribution in [1.29, 1.82) is 0 Å². The van der Waals surface area contributed by atoms with Gasteiger partial charge < -0.3 is 9.84 Å². The fraction of sp³-hybridized carbons (Fsp3) is 0.400. The molecule has 1 aliphatic heterocycles. The summed E-state index contributed by atoms with van der Waals surface area (Å²) < 4.78 is 6.37. The molecule has 1 fully saturated rings. The zero-order chi connectivity index (χ0) is 11.7. The Labute approximate surface area is 115 Å². The molecule has 0 aliphatic carbocycles. The Morgan fingerprint density at radius 1 is 1.53 bits per heavy atom. The Balaban J connectivity index is 1.82. The fourth-order valence-electron chi connectivity index (χ4n) is 1.63. The maximum Gasteiger partial charge on any atom is 0.244 e. The van der Waals surface area contributed by atoms with Gasteiger partial charge in [0.05, 0.1) is 10.9 Å². The lowest BCUT2D eigenvalue weighted by Crippen LogP contribution is -2.30. The van der Waals surface area contributed by atoms with Crippen molar-refractivity contribution in [2.45, 2.75) is 6.04 Å². The number of nitrogens with one attached hydrogen (secondary N) is 1. The van der Waals surface area contributed by atoms with Crippen LogP contribution in [0.3, 0.4) is 0 Å². The summed E-state index contributed by atoms with van der Waals surface area (Å²) in [5, 5.41) is 9.43. The second-order valence-electron chi connectivity index (χ2n) is 3.67. The molecule has 0 amide bonds. The van der Waals surface area contributed by atoms with Crippen LogP contribution in [0.1, 0.15) is 11.9 Å². The average Bonchev–Trinajstić information content (AvgIpc) is 2.98. The van der Waals surface area contributed by atoms with E-state index in [9.17, 15) is 0 Å². The predicted octanol–water partition coefficient (Wildman–Crippen LogP) is 2.94. The van der Waals surface area contributed by atoms with Crippen molar-refractivity contribution in [2.75, 3.05) is 18.1 Å². The maximum absolute atomic E-state index is 5.32. The van der Waals surface area contributed by atoms with Crippen LogP contribution < -0.4 is 5.32 Å². The second kappa shape index (κ2) is 5.09. The third kappa shape index (κ3) is 2.57. The van der Waals surface area contributed by atoms with Crippen molar-refractivity contribution >= 4 is 39.0 Å². The van der Waals surface area contributed by atoms with Crippen LogP contribution in [-0.4, -0.2) is 28.2 Å². The summed E-state index contributed by atoms with van der Waals surface area (Å²) in [6.45, 7) is 0.998. The highest BCUT2D eigenvalue weighted by molar-refractivity contribution is 9.10. The van der Waals surface area contributed by atoms with Gasteiger partial charge in [0.15, 0.2) is 0 Å². The number of hydrogen-bond donors (Lipinski definition) is 1. The Morgan fingerprint density at radius 3 is 3.18 bits per heavy atom. The van der Waals surface area contributed by atoms with E-state index in [4.69, 9.17) is 4.52 Å². The lowest BCUT2D eigenvalue weighted by Gasteiger charge is -2.19. The van der Waals surface area contributed by atoms with Crippen LogP contribution in [0.5, 0.6) is 0 Å². The molecule has 3 heterocycles. The number of aromatic nitrogens is 2. The second-order valence-corrected chi connectivity index (χ2v) is 6.64. The van der Waals surface area contributed by atoms with Crippen LogP contribution in [0, 0.1) is 0 Å². The molecule has 7 heteroatoms. The summed E-state index contributed by atoms with van der Waals surface area (Å²) in [7, 11) is 0. The first-order chi connectivity index (χ1) is 8.33. The SMILES string of the molecule is Brc1csc(-c2noc(C3CSCCN3)n2)c1. The quantitative estimate of drug-likeness (QED) is 0.916. The zero-order valence-corrected chi connectivity index (χ0v) is 12.1. The third-order valence-electron chi connectivity index (χ3n) is 2.45. The highest BCUT2D eigenvalue weighted by Crippen LogP contribution is 2.29. The molecule has 0 spiro atoms. The molecule has 3 rings (SSSR count). The summed E-state index contributed by atoms with van der Waals surface area (Å²) in [4.78, 5) is 5.48. The molecule has 2 aromatic rings. The molecule has 1 atom stereocenters. The summed E-state index contributed by atoms with van der Waals surface area (Å²) >= 11 is 6.94. The third-order valence-corrected chi connectivity index (χ3v) is 5.20. The van der Waals surface area contributed by atoms with Crippen LogP contribution >= 0.6 is 39.0 Å². The Morgan fingerprint density at radius 2 is 2.47 bits per heavy atom. The number of rotatable bonds is 2. The topological polar surface area (TPSA) is 51.0 Å². The van der Waals surface area contributed by atoms with E-state index in [-0.39, 0.29) is 6.04 Å². The Kier molecular flexibility index (Phi) is 3.51. The lowest BCUT2D eigenvalue weighted by atomic mass is 10.3. The molecule has 0 aromatic carbocycles. The van der Waals surface area contributed by atoms with E-state index in [0.29, 0.717) is 11.7 Å². The molecule has 0 saturated carbocycles. The molecule has 90 valence electrons. The maximum atomic E-state index is 5.32. The highest BCUT2D eigenvalue weighted by atomic mass is 79.9. The number of nitrogens with zero attached hydrogens (tertiary/aromatic N) is 2. The average molecular weight is 332 g/mol. The van der Waals surface area contributed by atoms with Gasteiger partial charge in [0.1, 0.15) is 0 Å². The molecule has 17 heavy (non-hydrogen) atoms. The van der Waals surface area contributed by atoms with Crippen molar-refractivity contribution < 1.29 is 4.52 Å². The molecule has 0 radical (unpaired) electrons. The van der Waals surface area contributed by atoms with Gasteiger partial charge in [0.2, 0.25) is 11.7 Å². The van der Waals surface area contributed by atoms with E-state index in [1.807, 2.05) is 23.2 Å². The Bertz CT molecular complexity index is 507. The summed E-state index contributed by atoms with van der Waals surface area (Å²) in [5.41, 5.74) is 0. The van der Waals surface area contributed by atoms with Crippen LogP contribution in [0.25, 0.3) is 10.7 Å². The van der Waals surface area contributed by atoms with Gasteiger partial charge in [-0.15, -0.1) is 11.3 Å². The van der Waals surface area contributed by atoms with E-state index in [1.54, 1.807) is 11.3 Å². The van der Waals surface area contributed by atoms with Gasteiger partial charge in [0, 0.05) is 27.9 Å². The molecule has 0 bridgehead atoms. The van der Waals surface area contributed by atoms with Crippen LogP contribution in [-0.2, 0) is 0 Å². The standard InChI is InChI=1S/C10H10BrN3OS2/c11-6-3-8(17-4-6)9-13-10(15-14-9)7-5-16-2-1-12-7/h3-4,7,12H,1-2,5H2. The van der Waals surface area contributed by atoms with Crippen LogP contribution in [0.15, 0.2) is 20.4 Å². The first kappa shape index (κ1) is 11.7. The van der Waals surface area contributed by atoms with Crippen molar-refractivity contribution in [1.82, 2.24) is 15.5 Å².